The van der Waals surface area contributed by atoms with Crippen molar-refractivity contribution in [1.29, 1.82) is 0 Å². The highest BCUT2D eigenvalue weighted by Crippen LogP contribution is 2.40. The number of carbonyl (C=O) groups excluding carboxylic acids is 1. The van der Waals surface area contributed by atoms with Crippen LogP contribution in [0.5, 0.6) is 0 Å². The molecule has 3 nitrogen and oxygen atoms in total. The van der Waals surface area contributed by atoms with Crippen molar-refractivity contribution in [2.24, 2.45) is 0 Å². The molecule has 0 aromatic carbocycles. The van der Waals surface area contributed by atoms with Gasteiger partial charge in [0.05, 0.1) is 5.54 Å². The standard InChI is InChI=1S/C8H13NO2/c1-8-3-2-6(9(8)11)4-7(10)5-8/h6,11H,2-5H2,1H3. The number of hydrogen-bond acceptors (Lipinski definition) is 3. The molecule has 11 heavy (non-hydrogen) atoms. The normalized spacial score (nSPS) is 44.9. The predicted octanol–water partition coefficient (Wildman–Crippen LogP) is 0.962. The highest BCUT2D eigenvalue weighted by atomic mass is 16.5. The van der Waals surface area contributed by atoms with Crippen molar-refractivity contribution in [1.82, 2.24) is 5.06 Å². The van der Waals surface area contributed by atoms with Gasteiger partial charge in [0.1, 0.15) is 5.78 Å². The molecule has 0 saturated carbocycles. The molecule has 2 aliphatic heterocycles. The Morgan fingerprint density at radius 1 is 1.73 bits per heavy atom. The van der Waals surface area contributed by atoms with E-state index >= 15 is 0 Å². The Morgan fingerprint density at radius 2 is 2.45 bits per heavy atom. The molecule has 62 valence electrons. The lowest BCUT2D eigenvalue weighted by molar-refractivity contribution is -0.189. The second kappa shape index (κ2) is 2.05. The van der Waals surface area contributed by atoms with Crippen LogP contribution in [0.1, 0.15) is 32.6 Å². The summed E-state index contributed by atoms with van der Waals surface area (Å²) in [5.41, 5.74) is -0.236. The third-order valence-electron chi connectivity index (χ3n) is 2.96. The van der Waals surface area contributed by atoms with Crippen LogP contribution in [0.3, 0.4) is 0 Å². The summed E-state index contributed by atoms with van der Waals surface area (Å²) in [5, 5.41) is 11.0. The molecule has 1 N–H and O–H groups in total. The van der Waals surface area contributed by atoms with E-state index in [4.69, 9.17) is 0 Å². The van der Waals surface area contributed by atoms with Crippen LogP contribution in [0, 0.1) is 0 Å². The smallest absolute Gasteiger partial charge is 0.136 e. The van der Waals surface area contributed by atoms with Crippen molar-refractivity contribution in [2.75, 3.05) is 0 Å². The molecule has 2 saturated heterocycles. The molecular formula is C8H13NO2. The summed E-state index contributed by atoms with van der Waals surface area (Å²) in [6.07, 6.45) is 3.00. The van der Waals surface area contributed by atoms with Gasteiger partial charge in [-0.1, -0.05) is 0 Å². The molecule has 0 aromatic heterocycles. The minimum atomic E-state index is -0.236. The molecule has 3 heteroatoms. The molecule has 0 aromatic rings. The Morgan fingerprint density at radius 3 is 3.09 bits per heavy atom. The van der Waals surface area contributed by atoms with Gasteiger partial charge >= 0.3 is 0 Å². The van der Waals surface area contributed by atoms with Crippen LogP contribution < -0.4 is 0 Å². The van der Waals surface area contributed by atoms with Crippen molar-refractivity contribution in [3.8, 4) is 0 Å². The summed E-state index contributed by atoms with van der Waals surface area (Å²) in [4.78, 5) is 11.1. The van der Waals surface area contributed by atoms with Crippen molar-refractivity contribution in [3.63, 3.8) is 0 Å². The van der Waals surface area contributed by atoms with E-state index in [1.54, 1.807) is 0 Å². The van der Waals surface area contributed by atoms with Crippen LogP contribution in [0.4, 0.5) is 0 Å². The van der Waals surface area contributed by atoms with E-state index in [-0.39, 0.29) is 11.6 Å². The number of fused-ring (bicyclic) bond motifs is 2. The van der Waals surface area contributed by atoms with Gasteiger partial charge in [0.15, 0.2) is 0 Å². The molecule has 0 spiro atoms. The van der Waals surface area contributed by atoms with E-state index in [1.165, 1.54) is 5.06 Å². The number of rotatable bonds is 0. The van der Waals surface area contributed by atoms with Gasteiger partial charge < -0.3 is 5.21 Å². The fourth-order valence-corrected chi connectivity index (χ4v) is 2.27. The fourth-order valence-electron chi connectivity index (χ4n) is 2.27. The maximum absolute atomic E-state index is 11.1. The molecule has 2 heterocycles. The van der Waals surface area contributed by atoms with Crippen LogP contribution in [-0.2, 0) is 4.79 Å². The number of carbonyl (C=O) groups is 1. The van der Waals surface area contributed by atoms with Crippen LogP contribution in [-0.4, -0.2) is 27.6 Å². The number of piperidine rings is 1. The van der Waals surface area contributed by atoms with E-state index in [0.29, 0.717) is 18.6 Å². The summed E-state index contributed by atoms with van der Waals surface area (Å²) in [7, 11) is 0. The zero-order valence-corrected chi connectivity index (χ0v) is 6.71. The maximum atomic E-state index is 11.1. The van der Waals surface area contributed by atoms with Crippen molar-refractivity contribution >= 4 is 5.78 Å². The minimum Gasteiger partial charge on any atom is -0.313 e. The van der Waals surface area contributed by atoms with E-state index < -0.39 is 0 Å². The van der Waals surface area contributed by atoms with E-state index in [1.807, 2.05) is 6.92 Å². The molecular weight excluding hydrogens is 142 g/mol. The number of ketones is 1. The molecule has 0 aliphatic carbocycles. The third-order valence-corrected chi connectivity index (χ3v) is 2.96. The van der Waals surface area contributed by atoms with Gasteiger partial charge in [-0.25, -0.2) is 0 Å². The topological polar surface area (TPSA) is 40.5 Å². The lowest BCUT2D eigenvalue weighted by Crippen LogP contribution is -2.48. The molecule has 2 atom stereocenters. The second-order valence-electron chi connectivity index (χ2n) is 3.95. The molecule has 2 bridgehead atoms. The zero-order valence-electron chi connectivity index (χ0n) is 6.71. The Labute approximate surface area is 66.0 Å². The van der Waals surface area contributed by atoms with Gasteiger partial charge in [-0.3, -0.25) is 4.79 Å². The molecule has 2 unspecified atom stereocenters. The average molecular weight is 155 g/mol. The SMILES string of the molecule is CC12CCC(CC(=O)C1)N2O. The van der Waals surface area contributed by atoms with Gasteiger partial charge in [-0.05, 0) is 19.8 Å². The largest absolute Gasteiger partial charge is 0.313 e. The van der Waals surface area contributed by atoms with Gasteiger partial charge in [0.25, 0.3) is 0 Å². The third kappa shape index (κ3) is 0.914. The summed E-state index contributed by atoms with van der Waals surface area (Å²) in [6.45, 7) is 1.96. The number of hydrogen-bond donors (Lipinski definition) is 1. The molecule has 0 radical (unpaired) electrons. The Bertz CT molecular complexity index is 204. The van der Waals surface area contributed by atoms with E-state index in [0.717, 1.165) is 12.8 Å². The summed E-state index contributed by atoms with van der Waals surface area (Å²) >= 11 is 0. The zero-order chi connectivity index (χ0) is 8.06. The number of nitrogens with zero attached hydrogens (tertiary/aromatic N) is 1. The van der Waals surface area contributed by atoms with Crippen molar-refractivity contribution < 1.29 is 10.0 Å². The number of hydroxylamine groups is 2. The first-order valence-electron chi connectivity index (χ1n) is 4.12. The summed E-state index contributed by atoms with van der Waals surface area (Å²) < 4.78 is 0. The monoisotopic (exact) mass is 155 g/mol. The summed E-state index contributed by atoms with van der Waals surface area (Å²) in [6, 6.07) is 0.112. The minimum absolute atomic E-state index is 0.112. The Balaban J connectivity index is 2.27. The first-order chi connectivity index (χ1) is 5.12. The molecule has 0 amide bonds. The van der Waals surface area contributed by atoms with Gasteiger partial charge in [0, 0.05) is 18.9 Å². The van der Waals surface area contributed by atoms with Crippen LogP contribution in [0.25, 0.3) is 0 Å². The predicted molar refractivity (Wildman–Crippen MR) is 39.3 cm³/mol. The Hall–Kier alpha value is -0.410. The lowest BCUT2D eigenvalue weighted by atomic mass is 9.92. The first-order valence-corrected chi connectivity index (χ1v) is 4.12. The molecule has 2 rings (SSSR count). The fraction of sp³-hybridized carbons (Fsp3) is 0.875. The first kappa shape index (κ1) is 7.25. The van der Waals surface area contributed by atoms with Crippen LogP contribution in [0.2, 0.25) is 0 Å². The Kier molecular flexibility index (Phi) is 1.35. The van der Waals surface area contributed by atoms with Gasteiger partial charge in [-0.2, -0.15) is 5.06 Å². The highest BCUT2D eigenvalue weighted by Gasteiger charge is 2.48. The lowest BCUT2D eigenvalue weighted by Gasteiger charge is -2.36. The molecule has 2 fully saturated rings. The highest BCUT2D eigenvalue weighted by molar-refractivity contribution is 5.81. The van der Waals surface area contributed by atoms with E-state index in [2.05, 4.69) is 0 Å². The van der Waals surface area contributed by atoms with Gasteiger partial charge in [-0.15, -0.1) is 0 Å². The van der Waals surface area contributed by atoms with Crippen molar-refractivity contribution in [3.05, 3.63) is 0 Å². The van der Waals surface area contributed by atoms with Crippen molar-refractivity contribution in [2.45, 2.75) is 44.2 Å². The van der Waals surface area contributed by atoms with Gasteiger partial charge in [0.2, 0.25) is 0 Å². The average Bonchev–Trinajstić information content (AvgIpc) is 2.17. The second-order valence-corrected chi connectivity index (χ2v) is 3.95. The number of Topliss-reactive ketones (excluding diaryl/α,β-unsaturated/α-hetero) is 1. The van der Waals surface area contributed by atoms with Crippen LogP contribution >= 0.6 is 0 Å². The maximum Gasteiger partial charge on any atom is 0.136 e. The van der Waals surface area contributed by atoms with E-state index in [9.17, 15) is 10.0 Å². The quantitative estimate of drug-likeness (QED) is 0.566. The molecule has 2 aliphatic rings. The van der Waals surface area contributed by atoms with Crippen LogP contribution in [0.15, 0.2) is 0 Å². The summed E-state index contributed by atoms with van der Waals surface area (Å²) in [5.74, 6) is 0.306.